The standard InChI is InChI=1S/C37H51ClN4O9S2/c1-10-25-13-11-12-21(2)16-24-17-26(32(38)27(18-24)48-8)42(7)31(44)19-29(50-34(45)23(4)41(6)30(43)14-15-53-52-9)36(5)33(51-36)22(3)28-20-37(25,40-47)39-35(46)49-28/h11-13,17-18,22-23,25,28-29,33H,10,14-16,19-20H2,1-9H3,(H,39,46)/b13-11+,21-12+/t22-,23+,25-,28+,29+,33?,36+,37+/m1/s1. The molecule has 1 aromatic rings. The van der Waals surface area contributed by atoms with Crippen LogP contribution in [-0.4, -0.2) is 97.6 Å². The number of nitrogens with one attached hydrogen (secondary N) is 1. The number of amides is 3. The van der Waals surface area contributed by atoms with Crippen molar-refractivity contribution >= 4 is 62.8 Å². The number of carbonyl (C=O) groups excluding carboxylic acids is 4. The molecule has 1 N–H and O–H groups in total. The molecule has 53 heavy (non-hydrogen) atoms. The molecule has 8 atom stereocenters. The van der Waals surface area contributed by atoms with E-state index in [1.54, 1.807) is 55.6 Å². The summed E-state index contributed by atoms with van der Waals surface area (Å²) in [6.45, 7) is 9.00. The number of methoxy groups -OCH3 is 1. The number of likely N-dealkylation sites (N-methyl/N-ethyl adjacent to an activating group) is 1. The van der Waals surface area contributed by atoms with Crippen LogP contribution in [0.1, 0.15) is 65.9 Å². The van der Waals surface area contributed by atoms with Crippen molar-refractivity contribution in [1.29, 1.82) is 0 Å². The molecule has 0 spiro atoms. The summed E-state index contributed by atoms with van der Waals surface area (Å²) in [4.78, 5) is 69.1. The van der Waals surface area contributed by atoms with Crippen LogP contribution in [-0.2, 0) is 35.0 Å². The SMILES string of the molecule is CC[C@@H]1/C=C/C=C(\C)Cc2cc(OC)c(Cl)c(c2)N(C)C(=O)C[C@H](OC(=O)[C@H](C)N(C)C(=O)CCSSC)[C@]2(C)OC2[C@H](C)[C@@H]2C[C@@]1(N=O)NC(=O)O2. The van der Waals surface area contributed by atoms with Crippen LogP contribution >= 0.6 is 33.2 Å². The van der Waals surface area contributed by atoms with Crippen LogP contribution in [0.2, 0.25) is 5.02 Å². The van der Waals surface area contributed by atoms with Gasteiger partial charge in [0.2, 0.25) is 11.8 Å². The number of carbonyl (C=O) groups is 4. The molecule has 3 aliphatic rings. The minimum Gasteiger partial charge on any atom is -0.495 e. The summed E-state index contributed by atoms with van der Waals surface area (Å²) in [6, 6.07) is 2.66. The number of rotatable bonds is 10. The van der Waals surface area contributed by atoms with E-state index in [4.69, 9.17) is 30.5 Å². The molecular weight excluding hydrogens is 744 g/mol. The summed E-state index contributed by atoms with van der Waals surface area (Å²) in [5.41, 5.74) is -0.492. The van der Waals surface area contributed by atoms with Crippen molar-refractivity contribution in [2.24, 2.45) is 17.0 Å². The van der Waals surface area contributed by atoms with Crippen LogP contribution < -0.4 is 15.0 Å². The topological polar surface area (TPSA) is 156 Å². The van der Waals surface area contributed by atoms with Crippen molar-refractivity contribution in [2.45, 2.75) is 102 Å². The van der Waals surface area contributed by atoms with Gasteiger partial charge in [-0.25, -0.2) is 9.59 Å². The van der Waals surface area contributed by atoms with E-state index in [1.807, 2.05) is 51.3 Å². The van der Waals surface area contributed by atoms with Gasteiger partial charge < -0.3 is 28.7 Å². The van der Waals surface area contributed by atoms with Gasteiger partial charge in [0, 0.05) is 44.5 Å². The van der Waals surface area contributed by atoms with Crippen LogP contribution in [0, 0.1) is 16.7 Å². The Morgan fingerprint density at radius 3 is 2.64 bits per heavy atom. The molecule has 3 heterocycles. The third-order valence-corrected chi connectivity index (χ3v) is 12.8. The summed E-state index contributed by atoms with van der Waals surface area (Å²) < 4.78 is 23.7. The summed E-state index contributed by atoms with van der Waals surface area (Å²) in [6.07, 6.45) is 5.23. The molecule has 0 aromatic heterocycles. The highest BCUT2D eigenvalue weighted by Gasteiger charge is 2.64. The molecule has 0 radical (unpaired) electrons. The Labute approximate surface area is 324 Å². The molecule has 1 unspecified atom stereocenters. The van der Waals surface area contributed by atoms with Gasteiger partial charge in [0.05, 0.1) is 25.3 Å². The monoisotopic (exact) mass is 794 g/mol. The number of benzene rings is 1. The lowest BCUT2D eigenvalue weighted by Crippen LogP contribution is -2.60. The number of hydrogen-bond donors (Lipinski definition) is 1. The van der Waals surface area contributed by atoms with Crippen molar-refractivity contribution in [3.8, 4) is 5.75 Å². The van der Waals surface area contributed by atoms with E-state index < -0.39 is 65.4 Å². The summed E-state index contributed by atoms with van der Waals surface area (Å²) >= 11 is 6.77. The van der Waals surface area contributed by atoms with Crippen molar-refractivity contribution in [2.75, 3.05) is 38.1 Å². The van der Waals surface area contributed by atoms with E-state index in [0.29, 0.717) is 30.0 Å². The Morgan fingerprint density at radius 2 is 2.00 bits per heavy atom. The second-order valence-electron chi connectivity index (χ2n) is 14.1. The molecule has 292 valence electrons. The number of allylic oxidation sites excluding steroid dienone is 3. The quantitative estimate of drug-likeness (QED) is 0.0884. The van der Waals surface area contributed by atoms with Crippen LogP contribution in [0.4, 0.5) is 10.5 Å². The van der Waals surface area contributed by atoms with Gasteiger partial charge in [-0.1, -0.05) is 70.8 Å². The van der Waals surface area contributed by atoms with Gasteiger partial charge in [-0.3, -0.25) is 14.9 Å². The van der Waals surface area contributed by atoms with E-state index >= 15 is 0 Å². The van der Waals surface area contributed by atoms with E-state index in [9.17, 15) is 24.1 Å². The van der Waals surface area contributed by atoms with Crippen LogP contribution in [0.5, 0.6) is 5.75 Å². The zero-order valence-corrected chi connectivity index (χ0v) is 34.2. The normalized spacial score (nSPS) is 31.1. The Morgan fingerprint density at radius 1 is 1.28 bits per heavy atom. The van der Waals surface area contributed by atoms with Gasteiger partial charge in [0.1, 0.15) is 34.6 Å². The number of alkyl carbamates (subject to hydrolysis) is 1. The first-order valence-corrected chi connectivity index (χ1v) is 20.8. The number of ether oxygens (including phenoxy) is 4. The third-order valence-electron chi connectivity index (χ3n) is 10.6. The van der Waals surface area contributed by atoms with Crippen molar-refractivity contribution in [3.63, 3.8) is 0 Å². The van der Waals surface area contributed by atoms with E-state index in [2.05, 4.69) is 10.5 Å². The maximum atomic E-state index is 14.1. The molecule has 3 amide bonds. The second-order valence-corrected chi connectivity index (χ2v) is 17.2. The van der Waals surface area contributed by atoms with E-state index in [1.165, 1.54) is 16.9 Å². The average molecular weight is 795 g/mol. The number of nitroso groups, excluding NO2 is 1. The van der Waals surface area contributed by atoms with Crippen LogP contribution in [0.25, 0.3) is 0 Å². The van der Waals surface area contributed by atoms with E-state index in [0.717, 1.165) is 11.1 Å². The summed E-state index contributed by atoms with van der Waals surface area (Å²) in [5, 5.41) is 6.42. The highest BCUT2D eigenvalue weighted by atomic mass is 35.5. The average Bonchev–Trinajstić information content (AvgIpc) is 3.83. The number of anilines is 1. The zero-order chi connectivity index (χ0) is 39.2. The molecule has 2 saturated heterocycles. The van der Waals surface area contributed by atoms with Crippen molar-refractivity contribution in [3.05, 3.63) is 51.4 Å². The minimum atomic E-state index is -1.49. The summed E-state index contributed by atoms with van der Waals surface area (Å²) in [7, 11) is 7.72. The number of halogens is 1. The molecule has 3 aliphatic heterocycles. The lowest BCUT2D eigenvalue weighted by atomic mass is 9.79. The fourth-order valence-corrected chi connectivity index (χ4v) is 8.51. The highest BCUT2D eigenvalue weighted by Crippen LogP contribution is 2.50. The Balaban J connectivity index is 1.77. The molecule has 0 aliphatic carbocycles. The first-order chi connectivity index (χ1) is 25.0. The van der Waals surface area contributed by atoms with Crippen molar-refractivity contribution < 1.29 is 38.1 Å². The Bertz CT molecular complexity index is 1630. The lowest BCUT2D eigenvalue weighted by Gasteiger charge is -2.41. The largest absolute Gasteiger partial charge is 0.495 e. The Hall–Kier alpha value is -3.27. The molecule has 0 saturated carbocycles. The highest BCUT2D eigenvalue weighted by molar-refractivity contribution is 8.76. The van der Waals surface area contributed by atoms with Gasteiger partial charge in [-0.15, -0.1) is 4.91 Å². The molecule has 4 rings (SSSR count). The fraction of sp³-hybridized carbons (Fsp3) is 0.622. The van der Waals surface area contributed by atoms with Crippen molar-refractivity contribution in [1.82, 2.24) is 10.2 Å². The first kappa shape index (κ1) is 42.5. The molecule has 1 aromatic carbocycles. The van der Waals surface area contributed by atoms with Gasteiger partial charge >= 0.3 is 12.1 Å². The molecule has 16 heteroatoms. The minimum absolute atomic E-state index is 0.0694. The van der Waals surface area contributed by atoms with Crippen LogP contribution in [0.15, 0.2) is 41.1 Å². The molecular formula is C37H51ClN4O9S2. The number of fused-ring (bicyclic) bond motifs is 5. The number of esters is 1. The second kappa shape index (κ2) is 17.9. The third kappa shape index (κ3) is 9.52. The molecule has 4 bridgehead atoms. The maximum absolute atomic E-state index is 14.1. The zero-order valence-electron chi connectivity index (χ0n) is 31.8. The predicted octanol–water partition coefficient (Wildman–Crippen LogP) is 6.70. The number of epoxide rings is 1. The van der Waals surface area contributed by atoms with E-state index in [-0.39, 0.29) is 30.2 Å². The fourth-order valence-electron chi connectivity index (χ4n) is 7.02. The molecule has 2 fully saturated rings. The Kier molecular flexibility index (Phi) is 14.4. The smallest absolute Gasteiger partial charge is 0.409 e. The van der Waals surface area contributed by atoms with Gasteiger partial charge in [-0.05, 0) is 62.7 Å². The predicted molar refractivity (Wildman–Crippen MR) is 208 cm³/mol. The lowest BCUT2D eigenvalue weighted by molar-refractivity contribution is -0.161. The van der Waals surface area contributed by atoms with Gasteiger partial charge in [0.25, 0.3) is 0 Å². The first-order valence-electron chi connectivity index (χ1n) is 17.6. The van der Waals surface area contributed by atoms with Gasteiger partial charge in [-0.2, -0.15) is 0 Å². The summed E-state index contributed by atoms with van der Waals surface area (Å²) in [5.74, 6) is -1.34. The number of nitrogens with zero attached hydrogens (tertiary/aromatic N) is 3. The van der Waals surface area contributed by atoms with Crippen LogP contribution in [0.3, 0.4) is 0 Å². The molecule has 13 nitrogen and oxygen atoms in total. The van der Waals surface area contributed by atoms with Gasteiger partial charge in [0.15, 0.2) is 5.66 Å². The number of hydrogen-bond acceptors (Lipinski definition) is 12. The maximum Gasteiger partial charge on any atom is 0.409 e.